The lowest BCUT2D eigenvalue weighted by Crippen LogP contribution is -2.30. The van der Waals surface area contributed by atoms with E-state index in [9.17, 15) is 9.59 Å². The summed E-state index contributed by atoms with van der Waals surface area (Å²) in [4.78, 5) is 23.6. The minimum atomic E-state index is -0.589. The molecule has 0 spiro atoms. The third kappa shape index (κ3) is 10.9. The van der Waals surface area contributed by atoms with Crippen molar-refractivity contribution < 1.29 is 38.0 Å². The molecule has 0 heterocycles. The number of hydrogen-bond acceptors (Lipinski definition) is 8. The molecule has 0 saturated heterocycles. The summed E-state index contributed by atoms with van der Waals surface area (Å²) in [6.07, 6.45) is 1.11. The highest BCUT2D eigenvalue weighted by Crippen LogP contribution is 2.28. The summed E-state index contributed by atoms with van der Waals surface area (Å²) >= 11 is 0. The van der Waals surface area contributed by atoms with Gasteiger partial charge in [-0.1, -0.05) is 147 Å². The van der Waals surface area contributed by atoms with Crippen molar-refractivity contribution in [2.45, 2.75) is 12.2 Å². The van der Waals surface area contributed by atoms with Gasteiger partial charge >= 0.3 is 11.9 Å². The summed E-state index contributed by atoms with van der Waals surface area (Å²) in [6, 6.07) is 55.6. The van der Waals surface area contributed by atoms with Gasteiger partial charge in [0, 0.05) is 22.9 Å². The Kier molecular flexibility index (Phi) is 13.7. The van der Waals surface area contributed by atoms with E-state index in [-0.39, 0.29) is 26.4 Å². The van der Waals surface area contributed by atoms with Crippen molar-refractivity contribution in [3.8, 4) is 23.0 Å². The van der Waals surface area contributed by atoms with Crippen LogP contribution in [0.5, 0.6) is 23.0 Å². The summed E-state index contributed by atoms with van der Waals surface area (Å²) in [5.74, 6) is 1.86. The molecule has 60 heavy (non-hydrogen) atoms. The molecule has 0 unspecified atom stereocenters. The predicted molar refractivity (Wildman–Crippen MR) is 238 cm³/mol. The van der Waals surface area contributed by atoms with Crippen molar-refractivity contribution in [1.82, 2.24) is 0 Å². The van der Waals surface area contributed by atoms with E-state index in [1.807, 2.05) is 170 Å². The van der Waals surface area contributed by atoms with Crippen LogP contribution in [-0.4, -0.2) is 50.6 Å². The third-order valence-corrected chi connectivity index (χ3v) is 9.56. The lowest BCUT2D eigenvalue weighted by atomic mass is 10.1. The summed E-state index contributed by atoms with van der Waals surface area (Å²) in [5.41, 5.74) is 0. The van der Waals surface area contributed by atoms with Gasteiger partial charge in [0.15, 0.2) is 12.2 Å². The zero-order valence-corrected chi connectivity index (χ0v) is 33.0. The van der Waals surface area contributed by atoms with Crippen molar-refractivity contribution in [2.75, 3.05) is 26.4 Å². The van der Waals surface area contributed by atoms with Crippen LogP contribution in [0.2, 0.25) is 0 Å². The molecule has 0 N–H and O–H groups in total. The molecule has 8 aromatic rings. The van der Waals surface area contributed by atoms with Gasteiger partial charge in [-0.3, -0.25) is 0 Å². The Bertz CT molecular complexity index is 2560. The van der Waals surface area contributed by atoms with Crippen LogP contribution in [0, 0.1) is 0 Å². The van der Waals surface area contributed by atoms with Gasteiger partial charge in [-0.2, -0.15) is 0 Å². The van der Waals surface area contributed by atoms with Gasteiger partial charge in [-0.05, 0) is 68.7 Å². The first kappa shape index (κ1) is 40.6. The third-order valence-electron chi connectivity index (χ3n) is 9.56. The second kappa shape index (κ2) is 20.2. The zero-order valence-electron chi connectivity index (χ0n) is 33.0. The van der Waals surface area contributed by atoms with Crippen LogP contribution in [0.1, 0.15) is 0 Å². The van der Waals surface area contributed by atoms with Crippen molar-refractivity contribution in [3.63, 3.8) is 0 Å². The standard InChI is InChI=1S/2C26H22O4/c1-2-26(27)30-21(17-28-24-15-7-11-19-9-3-5-13-22(19)24)18-29-25-16-8-12-20-10-4-6-14-23(20)25;1-2-26(27)30-25(17-28-23-13-11-19-7-3-5-9-21(19)15-23)18-29-24-14-12-20-8-4-6-10-22(20)16-24/h2-16,21H,1,17-18H2;2-16,25H,1,17-18H2. The van der Waals surface area contributed by atoms with Crippen LogP contribution in [0.3, 0.4) is 0 Å². The topological polar surface area (TPSA) is 89.5 Å². The molecule has 0 aliphatic heterocycles. The van der Waals surface area contributed by atoms with E-state index in [1.165, 1.54) is 0 Å². The normalized spacial score (nSPS) is 10.8. The van der Waals surface area contributed by atoms with Crippen molar-refractivity contribution >= 4 is 55.0 Å². The zero-order chi connectivity index (χ0) is 41.5. The minimum Gasteiger partial charge on any atom is -0.490 e. The molecule has 8 heteroatoms. The number of benzene rings is 8. The molecule has 0 aromatic heterocycles. The number of hydrogen-bond donors (Lipinski definition) is 0. The first-order valence-corrected chi connectivity index (χ1v) is 19.6. The van der Waals surface area contributed by atoms with Crippen LogP contribution in [0.15, 0.2) is 195 Å². The lowest BCUT2D eigenvalue weighted by molar-refractivity contribution is -0.147. The Morgan fingerprint density at radius 3 is 1.17 bits per heavy atom. The summed E-state index contributed by atoms with van der Waals surface area (Å²) < 4.78 is 34.7. The molecule has 0 bridgehead atoms. The van der Waals surface area contributed by atoms with Crippen molar-refractivity contribution in [1.29, 1.82) is 0 Å². The molecule has 8 rings (SSSR count). The van der Waals surface area contributed by atoms with Gasteiger partial charge < -0.3 is 28.4 Å². The quantitative estimate of drug-likeness (QED) is 0.0705. The largest absolute Gasteiger partial charge is 0.490 e. The second-order valence-corrected chi connectivity index (χ2v) is 13.7. The number of esters is 2. The highest BCUT2D eigenvalue weighted by Gasteiger charge is 2.18. The Morgan fingerprint density at radius 2 is 0.750 bits per heavy atom. The molecular formula is C52H44O8. The van der Waals surface area contributed by atoms with E-state index < -0.39 is 24.1 Å². The van der Waals surface area contributed by atoms with Crippen LogP contribution >= 0.6 is 0 Å². The van der Waals surface area contributed by atoms with E-state index >= 15 is 0 Å². The van der Waals surface area contributed by atoms with Crippen LogP contribution < -0.4 is 18.9 Å². The van der Waals surface area contributed by atoms with E-state index in [2.05, 4.69) is 13.2 Å². The molecule has 0 aliphatic carbocycles. The minimum absolute atomic E-state index is 0.165. The monoisotopic (exact) mass is 796 g/mol. The van der Waals surface area contributed by atoms with Crippen LogP contribution in [-0.2, 0) is 19.1 Å². The van der Waals surface area contributed by atoms with Gasteiger partial charge in [0.1, 0.15) is 49.4 Å². The number of ether oxygens (including phenoxy) is 6. The van der Waals surface area contributed by atoms with Crippen LogP contribution in [0.4, 0.5) is 0 Å². The predicted octanol–water partition coefficient (Wildman–Crippen LogP) is 11.1. The summed E-state index contributed by atoms with van der Waals surface area (Å²) in [5, 5.41) is 8.62. The Hall–Kier alpha value is -7.58. The Balaban J connectivity index is 0.000000181. The van der Waals surface area contributed by atoms with Gasteiger partial charge in [0.05, 0.1) is 0 Å². The maximum atomic E-state index is 11.8. The molecule has 0 atom stereocenters. The number of rotatable bonds is 16. The van der Waals surface area contributed by atoms with Crippen LogP contribution in [0.25, 0.3) is 43.1 Å². The van der Waals surface area contributed by atoms with E-state index in [0.717, 1.165) is 66.7 Å². The van der Waals surface area contributed by atoms with Crippen molar-refractivity contribution in [2.24, 2.45) is 0 Å². The molecule has 0 saturated carbocycles. The fourth-order valence-electron chi connectivity index (χ4n) is 6.56. The highest BCUT2D eigenvalue weighted by atomic mass is 16.6. The summed E-state index contributed by atoms with van der Waals surface area (Å²) in [6.45, 7) is 7.61. The average Bonchev–Trinajstić information content (AvgIpc) is 3.30. The number of carbonyl (C=O) groups excluding carboxylic acids is 2. The number of fused-ring (bicyclic) bond motifs is 4. The van der Waals surface area contributed by atoms with E-state index in [0.29, 0.717) is 11.5 Å². The van der Waals surface area contributed by atoms with E-state index in [4.69, 9.17) is 28.4 Å². The molecular weight excluding hydrogens is 753 g/mol. The Labute approximate surface area is 348 Å². The molecule has 8 aromatic carbocycles. The molecule has 0 amide bonds. The number of carbonyl (C=O) groups is 2. The molecule has 0 fully saturated rings. The summed E-state index contributed by atoms with van der Waals surface area (Å²) in [7, 11) is 0. The fraction of sp³-hybridized carbons (Fsp3) is 0.115. The van der Waals surface area contributed by atoms with E-state index in [1.54, 1.807) is 0 Å². The average molecular weight is 797 g/mol. The van der Waals surface area contributed by atoms with Gasteiger partial charge in [-0.15, -0.1) is 0 Å². The lowest BCUT2D eigenvalue weighted by Gasteiger charge is -2.19. The smallest absolute Gasteiger partial charge is 0.330 e. The molecule has 8 nitrogen and oxygen atoms in total. The van der Waals surface area contributed by atoms with Gasteiger partial charge in [0.2, 0.25) is 0 Å². The first-order valence-electron chi connectivity index (χ1n) is 19.6. The fourth-order valence-corrected chi connectivity index (χ4v) is 6.56. The Morgan fingerprint density at radius 1 is 0.400 bits per heavy atom. The molecule has 0 aliphatic rings. The second-order valence-electron chi connectivity index (χ2n) is 13.7. The molecule has 300 valence electrons. The van der Waals surface area contributed by atoms with Gasteiger partial charge in [0.25, 0.3) is 0 Å². The highest BCUT2D eigenvalue weighted by molar-refractivity contribution is 5.89. The van der Waals surface area contributed by atoms with Gasteiger partial charge in [-0.25, -0.2) is 9.59 Å². The SMILES string of the molecule is C=CC(=O)OC(COc1ccc2ccccc2c1)COc1ccc2ccccc2c1.C=CC(=O)OC(COc1cccc2ccccc12)COc1cccc2ccccc12. The molecule has 0 radical (unpaired) electrons. The maximum Gasteiger partial charge on any atom is 0.330 e. The maximum absolute atomic E-state index is 11.8. The van der Waals surface area contributed by atoms with Crippen molar-refractivity contribution in [3.05, 3.63) is 195 Å². The first-order chi connectivity index (χ1) is 29.4.